The third-order valence-electron chi connectivity index (χ3n) is 5.50. The lowest BCUT2D eigenvalue weighted by atomic mass is 10.0. The van der Waals surface area contributed by atoms with Gasteiger partial charge in [0.15, 0.2) is 0 Å². The summed E-state index contributed by atoms with van der Waals surface area (Å²) < 4.78 is 29.6. The maximum atomic E-state index is 13.8. The molecule has 0 bridgehead atoms. The van der Waals surface area contributed by atoms with Gasteiger partial charge in [-0.3, -0.25) is 4.79 Å². The molecule has 1 heterocycles. The van der Waals surface area contributed by atoms with Crippen LogP contribution in [-0.2, 0) is 6.54 Å². The lowest BCUT2D eigenvalue weighted by molar-refractivity contribution is 0.100. The largest absolute Gasteiger partial charge is 0.366 e. The summed E-state index contributed by atoms with van der Waals surface area (Å²) in [5, 5.41) is 2.01. The monoisotopic (exact) mass is 445 g/mol. The Kier molecular flexibility index (Phi) is 4.91. The Morgan fingerprint density at radius 3 is 2.34 bits per heavy atom. The van der Waals surface area contributed by atoms with Crippen LogP contribution in [0.5, 0.6) is 0 Å². The van der Waals surface area contributed by atoms with E-state index in [1.54, 1.807) is 24.3 Å². The number of nitrogens with zero attached hydrogens (tertiary/aromatic N) is 1. The van der Waals surface area contributed by atoms with Crippen LogP contribution in [0.15, 0.2) is 72.8 Å². The van der Waals surface area contributed by atoms with Gasteiger partial charge in [-0.05, 0) is 71.3 Å². The van der Waals surface area contributed by atoms with Gasteiger partial charge >= 0.3 is 0 Å². The first kappa shape index (κ1) is 20.2. The van der Waals surface area contributed by atoms with Crippen molar-refractivity contribution in [2.24, 2.45) is 5.73 Å². The van der Waals surface area contributed by atoms with Gasteiger partial charge in [-0.1, -0.05) is 29.8 Å². The van der Waals surface area contributed by atoms with Crippen LogP contribution in [-0.4, -0.2) is 10.5 Å². The second-order valence-corrected chi connectivity index (χ2v) is 8.02. The molecule has 0 atom stereocenters. The van der Waals surface area contributed by atoms with Crippen LogP contribution < -0.4 is 5.73 Å². The van der Waals surface area contributed by atoms with Crippen LogP contribution in [0.2, 0.25) is 5.02 Å². The number of rotatable bonds is 4. The highest BCUT2D eigenvalue weighted by atomic mass is 35.5. The Morgan fingerprint density at radius 1 is 0.938 bits per heavy atom. The van der Waals surface area contributed by atoms with E-state index in [4.69, 9.17) is 17.3 Å². The molecule has 0 spiro atoms. The summed E-state index contributed by atoms with van der Waals surface area (Å²) in [7, 11) is 0. The van der Waals surface area contributed by atoms with Crippen molar-refractivity contribution in [2.45, 2.75) is 6.54 Å². The molecule has 4 aromatic carbocycles. The summed E-state index contributed by atoms with van der Waals surface area (Å²) in [5.41, 5.74) is 9.79. The molecule has 1 radical (unpaired) electrons. The lowest BCUT2D eigenvalue weighted by Gasteiger charge is -2.10. The summed E-state index contributed by atoms with van der Waals surface area (Å²) in [6, 6.07) is 23.2. The summed E-state index contributed by atoms with van der Waals surface area (Å²) in [5.74, 6) is -1.85. The number of fused-ring (bicyclic) bond motifs is 3. The van der Waals surface area contributed by atoms with Gasteiger partial charge in [0.25, 0.3) is 0 Å². The summed E-state index contributed by atoms with van der Waals surface area (Å²) in [6.07, 6.45) is 0. The number of benzene rings is 4. The summed E-state index contributed by atoms with van der Waals surface area (Å²) in [4.78, 5) is 12.1. The van der Waals surface area contributed by atoms with Crippen molar-refractivity contribution >= 4 is 39.3 Å². The van der Waals surface area contributed by atoms with Crippen LogP contribution in [0.25, 0.3) is 32.9 Å². The number of carbonyl (C=O) groups excluding carboxylic acids is 1. The predicted molar refractivity (Wildman–Crippen MR) is 123 cm³/mol. The standard InChI is InChI=1S/C26H16ClF2N2O/c27-18-7-4-16(5-8-18)17-6-9-21-24(12-17)31(14-15-10-19(28)13-20(29)11-15)23-3-1-2-22(25(21)23)26(30)32/h1-8,10-13H,14H2,(H2,30,32). The van der Waals surface area contributed by atoms with Crippen molar-refractivity contribution < 1.29 is 13.6 Å². The van der Waals surface area contributed by atoms with E-state index in [0.717, 1.165) is 28.2 Å². The minimum Gasteiger partial charge on any atom is -0.366 e. The van der Waals surface area contributed by atoms with Gasteiger partial charge in [0.1, 0.15) is 11.6 Å². The number of hydrogen-bond acceptors (Lipinski definition) is 1. The molecule has 5 aromatic rings. The molecule has 3 nitrogen and oxygen atoms in total. The van der Waals surface area contributed by atoms with Crippen LogP contribution in [0.1, 0.15) is 15.9 Å². The lowest BCUT2D eigenvalue weighted by Crippen LogP contribution is -2.11. The first-order valence-electron chi connectivity index (χ1n) is 9.88. The number of hydrogen-bond donors (Lipinski definition) is 1. The highest BCUT2D eigenvalue weighted by Gasteiger charge is 2.18. The molecule has 32 heavy (non-hydrogen) atoms. The Bertz CT molecular complexity index is 1490. The van der Waals surface area contributed by atoms with Gasteiger partial charge in [-0.15, -0.1) is 0 Å². The summed E-state index contributed by atoms with van der Waals surface area (Å²) in [6.45, 7) is 0.203. The smallest absolute Gasteiger partial charge is 0.249 e. The number of primary amides is 1. The number of halogens is 3. The summed E-state index contributed by atoms with van der Waals surface area (Å²) >= 11 is 6.02. The van der Waals surface area contributed by atoms with E-state index in [1.807, 2.05) is 34.9 Å². The van der Waals surface area contributed by atoms with Crippen LogP contribution in [0, 0.1) is 17.7 Å². The third kappa shape index (κ3) is 3.51. The van der Waals surface area contributed by atoms with E-state index >= 15 is 0 Å². The van der Waals surface area contributed by atoms with Crippen molar-refractivity contribution in [3.05, 3.63) is 107 Å². The fraction of sp³-hybridized carbons (Fsp3) is 0.0385. The molecule has 0 aliphatic heterocycles. The van der Waals surface area contributed by atoms with Crippen molar-refractivity contribution in [2.75, 3.05) is 0 Å². The second kappa shape index (κ2) is 7.77. The molecule has 0 fully saturated rings. The van der Waals surface area contributed by atoms with E-state index in [2.05, 4.69) is 6.07 Å². The van der Waals surface area contributed by atoms with E-state index in [-0.39, 0.29) is 6.54 Å². The van der Waals surface area contributed by atoms with E-state index in [0.29, 0.717) is 26.9 Å². The zero-order valence-electron chi connectivity index (χ0n) is 16.7. The SMILES string of the molecule is NC(=O)c1cccc2c1c1[c]cc(-c3ccc(Cl)cc3)cc1n2Cc1cc(F)cc(F)c1. The zero-order valence-corrected chi connectivity index (χ0v) is 17.5. The Labute approximate surface area is 187 Å². The molecular formula is C26H16ClF2N2O. The van der Waals surface area contributed by atoms with Crippen molar-refractivity contribution in [1.82, 2.24) is 4.57 Å². The van der Waals surface area contributed by atoms with E-state index in [1.165, 1.54) is 12.1 Å². The number of carbonyl (C=O) groups is 1. The fourth-order valence-corrected chi connectivity index (χ4v) is 4.25. The molecule has 5 rings (SSSR count). The number of amides is 1. The highest BCUT2D eigenvalue weighted by Crippen LogP contribution is 2.35. The first-order chi connectivity index (χ1) is 15.4. The molecule has 6 heteroatoms. The normalized spacial score (nSPS) is 11.3. The molecule has 0 aliphatic carbocycles. The van der Waals surface area contributed by atoms with Crippen LogP contribution in [0.3, 0.4) is 0 Å². The Balaban J connectivity index is 1.79. The molecule has 1 aromatic heterocycles. The predicted octanol–water partition coefficient (Wildman–Crippen LogP) is 6.34. The van der Waals surface area contributed by atoms with Crippen molar-refractivity contribution in [1.29, 1.82) is 0 Å². The second-order valence-electron chi connectivity index (χ2n) is 7.58. The number of nitrogens with two attached hydrogens (primary N) is 1. The molecule has 0 saturated carbocycles. The van der Waals surface area contributed by atoms with Crippen LogP contribution >= 0.6 is 11.6 Å². The average Bonchev–Trinajstić information content (AvgIpc) is 3.06. The van der Waals surface area contributed by atoms with Gasteiger partial charge in [0.2, 0.25) is 5.91 Å². The third-order valence-corrected chi connectivity index (χ3v) is 5.75. The zero-order chi connectivity index (χ0) is 22.4. The number of aromatic nitrogens is 1. The fourth-order valence-electron chi connectivity index (χ4n) is 4.13. The average molecular weight is 446 g/mol. The minimum atomic E-state index is -0.646. The van der Waals surface area contributed by atoms with Gasteiger partial charge in [0, 0.05) is 34.0 Å². The van der Waals surface area contributed by atoms with Crippen molar-refractivity contribution in [3.8, 4) is 11.1 Å². The van der Waals surface area contributed by atoms with Gasteiger partial charge in [0.05, 0.1) is 11.0 Å². The highest BCUT2D eigenvalue weighted by molar-refractivity contribution is 6.30. The van der Waals surface area contributed by atoms with Crippen LogP contribution in [0.4, 0.5) is 8.78 Å². The molecular weight excluding hydrogens is 430 g/mol. The molecule has 2 N–H and O–H groups in total. The molecule has 0 unspecified atom stereocenters. The maximum Gasteiger partial charge on any atom is 0.249 e. The minimum absolute atomic E-state index is 0.203. The quantitative estimate of drug-likeness (QED) is 0.344. The molecule has 1 amide bonds. The van der Waals surface area contributed by atoms with E-state index in [9.17, 15) is 13.6 Å². The Hall–Kier alpha value is -3.70. The Morgan fingerprint density at radius 2 is 1.66 bits per heavy atom. The van der Waals surface area contributed by atoms with Crippen molar-refractivity contribution in [3.63, 3.8) is 0 Å². The topological polar surface area (TPSA) is 48.0 Å². The molecule has 157 valence electrons. The van der Waals surface area contributed by atoms with E-state index < -0.39 is 17.5 Å². The first-order valence-corrected chi connectivity index (χ1v) is 10.3. The van der Waals surface area contributed by atoms with Gasteiger partial charge < -0.3 is 10.3 Å². The van der Waals surface area contributed by atoms with Gasteiger partial charge in [-0.2, -0.15) is 0 Å². The maximum absolute atomic E-state index is 13.8. The van der Waals surface area contributed by atoms with Gasteiger partial charge in [-0.25, -0.2) is 8.78 Å². The molecule has 0 saturated heterocycles. The molecule has 0 aliphatic rings.